The van der Waals surface area contributed by atoms with Crippen LogP contribution in [0.25, 0.3) is 0 Å². The van der Waals surface area contributed by atoms with Gasteiger partial charge in [-0.1, -0.05) is 0 Å². The van der Waals surface area contributed by atoms with Gasteiger partial charge in [-0.05, 0) is 38.0 Å². The number of nitrogens with one attached hydrogen (secondary N) is 1. The topological polar surface area (TPSA) is 35.6 Å². The molecule has 2 amide bonds. The average Bonchev–Trinajstić information content (AvgIpc) is 2.73. The van der Waals surface area contributed by atoms with E-state index in [2.05, 4.69) is 5.32 Å². The number of rotatable bonds is 3. The number of likely N-dealkylation sites (tertiary alicyclic amines) is 1. The van der Waals surface area contributed by atoms with Gasteiger partial charge in [0.2, 0.25) is 0 Å². The predicted octanol–water partition coefficient (Wildman–Crippen LogP) is 2.41. The highest BCUT2D eigenvalue weighted by atomic mass is 32.2. The number of halogens is 3. The van der Waals surface area contributed by atoms with E-state index in [1.165, 1.54) is 4.90 Å². The molecule has 0 aliphatic carbocycles. The maximum absolute atomic E-state index is 12.4. The number of hydrogen-bond acceptors (Lipinski definition) is 3. The zero-order valence-corrected chi connectivity index (χ0v) is 13.7. The molecule has 2 rings (SSSR count). The first kappa shape index (κ1) is 17.7. The van der Waals surface area contributed by atoms with Crippen molar-refractivity contribution in [1.82, 2.24) is 15.1 Å². The van der Waals surface area contributed by atoms with Gasteiger partial charge in [0, 0.05) is 31.4 Å². The van der Waals surface area contributed by atoms with Crippen LogP contribution in [-0.2, 0) is 0 Å². The Kier molecular flexibility index (Phi) is 6.26. The zero-order chi connectivity index (χ0) is 16.2. The van der Waals surface area contributed by atoms with E-state index in [9.17, 15) is 18.0 Å². The van der Waals surface area contributed by atoms with Gasteiger partial charge in [-0.25, -0.2) is 4.79 Å². The van der Waals surface area contributed by atoms with Crippen molar-refractivity contribution in [1.29, 1.82) is 0 Å². The Bertz CT molecular complexity index is 381. The third kappa shape index (κ3) is 5.53. The fraction of sp³-hybridized carbons (Fsp3) is 0.929. The van der Waals surface area contributed by atoms with Crippen LogP contribution in [0.1, 0.15) is 19.8 Å². The lowest BCUT2D eigenvalue weighted by molar-refractivity contribution is -0.143. The summed E-state index contributed by atoms with van der Waals surface area (Å²) >= 11 is 1.85. The maximum Gasteiger partial charge on any atom is 0.401 e. The smallest absolute Gasteiger partial charge is 0.338 e. The lowest BCUT2D eigenvalue weighted by atomic mass is 10.1. The molecule has 0 saturated carbocycles. The normalized spacial score (nSPS) is 27.7. The van der Waals surface area contributed by atoms with E-state index in [1.54, 1.807) is 0 Å². The Balaban J connectivity index is 1.72. The predicted molar refractivity (Wildman–Crippen MR) is 82.1 cm³/mol. The molecular weight excluding hydrogens is 315 g/mol. The molecule has 2 aliphatic heterocycles. The Morgan fingerprint density at radius 2 is 2.05 bits per heavy atom. The van der Waals surface area contributed by atoms with Crippen LogP contribution >= 0.6 is 11.8 Å². The van der Waals surface area contributed by atoms with Gasteiger partial charge in [-0.3, -0.25) is 4.90 Å². The molecule has 4 nitrogen and oxygen atoms in total. The van der Waals surface area contributed by atoms with Gasteiger partial charge in [0.25, 0.3) is 0 Å². The Morgan fingerprint density at radius 1 is 1.27 bits per heavy atom. The van der Waals surface area contributed by atoms with E-state index < -0.39 is 12.7 Å². The molecule has 2 aliphatic rings. The summed E-state index contributed by atoms with van der Waals surface area (Å²) in [5.74, 6) is 2.13. The SMILES string of the molecule is C[C@H]1CCSCCN1C(=O)NC[C@H]1CCN(CC(F)(F)F)C1. The summed E-state index contributed by atoms with van der Waals surface area (Å²) in [6, 6.07) is 0.143. The van der Waals surface area contributed by atoms with Crippen LogP contribution in [0.2, 0.25) is 0 Å². The minimum atomic E-state index is -4.14. The molecule has 1 N–H and O–H groups in total. The number of carbonyl (C=O) groups is 1. The molecule has 2 atom stereocenters. The van der Waals surface area contributed by atoms with Gasteiger partial charge in [0.1, 0.15) is 0 Å². The molecule has 8 heteroatoms. The highest BCUT2D eigenvalue weighted by molar-refractivity contribution is 7.99. The first-order chi connectivity index (χ1) is 10.3. The van der Waals surface area contributed by atoms with Crippen LogP contribution in [0.3, 0.4) is 0 Å². The lowest BCUT2D eigenvalue weighted by Crippen LogP contribution is -2.47. The van der Waals surface area contributed by atoms with E-state index in [4.69, 9.17) is 0 Å². The number of urea groups is 1. The molecule has 128 valence electrons. The Hall–Kier alpha value is -0.630. The number of amides is 2. The van der Waals surface area contributed by atoms with Crippen molar-refractivity contribution >= 4 is 17.8 Å². The first-order valence-electron chi connectivity index (χ1n) is 7.76. The average molecular weight is 339 g/mol. The van der Waals surface area contributed by atoms with Gasteiger partial charge >= 0.3 is 12.2 Å². The van der Waals surface area contributed by atoms with Crippen LogP contribution in [0.5, 0.6) is 0 Å². The van der Waals surface area contributed by atoms with Gasteiger partial charge in [-0.2, -0.15) is 24.9 Å². The van der Waals surface area contributed by atoms with Crippen LogP contribution in [0, 0.1) is 5.92 Å². The summed E-state index contributed by atoms with van der Waals surface area (Å²) in [5.41, 5.74) is 0. The highest BCUT2D eigenvalue weighted by Gasteiger charge is 2.34. The van der Waals surface area contributed by atoms with Crippen LogP contribution in [0.15, 0.2) is 0 Å². The molecule has 2 heterocycles. The number of hydrogen-bond donors (Lipinski definition) is 1. The van der Waals surface area contributed by atoms with E-state index in [0.717, 1.165) is 24.5 Å². The molecule has 0 aromatic heterocycles. The maximum atomic E-state index is 12.4. The summed E-state index contributed by atoms with van der Waals surface area (Å²) < 4.78 is 37.1. The quantitative estimate of drug-likeness (QED) is 0.858. The molecular formula is C14H24F3N3OS. The van der Waals surface area contributed by atoms with Crippen LogP contribution in [0.4, 0.5) is 18.0 Å². The molecule has 0 aromatic carbocycles. The Labute approximate surface area is 133 Å². The molecule has 22 heavy (non-hydrogen) atoms. The summed E-state index contributed by atoms with van der Waals surface area (Å²) in [7, 11) is 0. The van der Waals surface area contributed by atoms with E-state index in [0.29, 0.717) is 26.1 Å². The van der Waals surface area contributed by atoms with Crippen molar-refractivity contribution in [3.8, 4) is 0 Å². The van der Waals surface area contributed by atoms with Crippen molar-refractivity contribution < 1.29 is 18.0 Å². The summed E-state index contributed by atoms with van der Waals surface area (Å²) in [6.07, 6.45) is -2.44. The molecule has 2 saturated heterocycles. The van der Waals surface area contributed by atoms with Gasteiger partial charge in [0.15, 0.2) is 0 Å². The van der Waals surface area contributed by atoms with E-state index in [1.807, 2.05) is 23.6 Å². The second-order valence-corrected chi connectivity index (χ2v) is 7.36. The molecule has 0 unspecified atom stereocenters. The third-order valence-corrected chi connectivity index (χ3v) is 5.26. The third-order valence-electron chi connectivity index (χ3n) is 4.26. The van der Waals surface area contributed by atoms with E-state index >= 15 is 0 Å². The fourth-order valence-electron chi connectivity index (χ4n) is 3.01. The minimum Gasteiger partial charge on any atom is -0.338 e. The molecule has 0 bridgehead atoms. The molecule has 0 spiro atoms. The fourth-order valence-corrected chi connectivity index (χ4v) is 4.04. The number of alkyl halides is 3. The second-order valence-electron chi connectivity index (χ2n) is 6.13. The summed E-state index contributed by atoms with van der Waals surface area (Å²) in [4.78, 5) is 15.5. The first-order valence-corrected chi connectivity index (χ1v) is 8.92. The Morgan fingerprint density at radius 3 is 2.77 bits per heavy atom. The minimum absolute atomic E-state index is 0.0794. The van der Waals surface area contributed by atoms with Crippen LogP contribution in [-0.4, -0.2) is 72.3 Å². The van der Waals surface area contributed by atoms with Crippen molar-refractivity contribution in [2.75, 3.05) is 44.2 Å². The van der Waals surface area contributed by atoms with Crippen molar-refractivity contribution in [2.45, 2.75) is 32.0 Å². The lowest BCUT2D eigenvalue weighted by Gasteiger charge is -2.27. The van der Waals surface area contributed by atoms with Crippen molar-refractivity contribution in [3.05, 3.63) is 0 Å². The number of thioether (sulfide) groups is 1. The van der Waals surface area contributed by atoms with Gasteiger partial charge in [-0.15, -0.1) is 0 Å². The van der Waals surface area contributed by atoms with Crippen LogP contribution < -0.4 is 5.32 Å². The van der Waals surface area contributed by atoms with Gasteiger partial charge in [0.05, 0.1) is 6.54 Å². The van der Waals surface area contributed by atoms with E-state index in [-0.39, 0.29) is 18.0 Å². The molecule has 2 fully saturated rings. The monoisotopic (exact) mass is 339 g/mol. The summed E-state index contributed by atoms with van der Waals surface area (Å²) in [6.45, 7) is 3.26. The summed E-state index contributed by atoms with van der Waals surface area (Å²) in [5, 5.41) is 2.91. The highest BCUT2D eigenvalue weighted by Crippen LogP contribution is 2.22. The largest absolute Gasteiger partial charge is 0.401 e. The van der Waals surface area contributed by atoms with Crippen molar-refractivity contribution in [2.24, 2.45) is 5.92 Å². The van der Waals surface area contributed by atoms with Crippen molar-refractivity contribution in [3.63, 3.8) is 0 Å². The van der Waals surface area contributed by atoms with Gasteiger partial charge < -0.3 is 10.2 Å². The number of carbonyl (C=O) groups excluding carboxylic acids is 1. The molecule has 0 aromatic rings. The number of nitrogens with zero attached hydrogens (tertiary/aromatic N) is 2. The second kappa shape index (κ2) is 7.77. The standard InChI is InChI=1S/C14H24F3N3OS/c1-11-3-6-22-7-5-20(11)13(21)18-8-12-2-4-19(9-12)10-14(15,16)17/h11-12H,2-10H2,1H3,(H,18,21)/t11-,12+/m0/s1. The molecule has 0 radical (unpaired) electrons. The zero-order valence-electron chi connectivity index (χ0n) is 12.9.